The minimum Gasteiger partial charge on any atom is -0.299 e. The number of hydrogen-bond donors (Lipinski definition) is 0. The number of carbonyl (C=O) groups excluding carboxylic acids is 2. The first kappa shape index (κ1) is 14.7. The topological polar surface area (TPSA) is 34.1 Å². The van der Waals surface area contributed by atoms with Gasteiger partial charge in [-0.05, 0) is 24.0 Å². The highest BCUT2D eigenvalue weighted by molar-refractivity contribution is 8.00. The lowest BCUT2D eigenvalue weighted by atomic mass is 9.90. The monoisotopic (exact) mass is 256 g/mol. The van der Waals surface area contributed by atoms with Crippen molar-refractivity contribution in [2.24, 2.45) is 5.41 Å². The largest absolute Gasteiger partial charge is 0.299 e. The molecule has 0 saturated heterocycles. The molecule has 3 heteroatoms. The van der Waals surface area contributed by atoms with Gasteiger partial charge in [0.25, 0.3) is 0 Å². The maximum atomic E-state index is 11.4. The summed E-state index contributed by atoms with van der Waals surface area (Å²) in [5.74, 6) is 1.29. The van der Waals surface area contributed by atoms with Crippen molar-refractivity contribution in [3.8, 4) is 0 Å². The van der Waals surface area contributed by atoms with E-state index in [0.29, 0.717) is 11.8 Å². The van der Waals surface area contributed by atoms with Crippen molar-refractivity contribution in [3.63, 3.8) is 0 Å². The average Bonchev–Trinajstić information content (AvgIpc) is 2.49. The summed E-state index contributed by atoms with van der Waals surface area (Å²) in [5, 5.41) is -0.0230. The third-order valence-corrected chi connectivity index (χ3v) is 4.39. The normalized spacial score (nSPS) is 21.2. The van der Waals surface area contributed by atoms with Crippen LogP contribution in [0.2, 0.25) is 0 Å². The van der Waals surface area contributed by atoms with Gasteiger partial charge < -0.3 is 0 Å². The maximum absolute atomic E-state index is 11.4. The molecule has 1 aliphatic carbocycles. The molecule has 1 rings (SSSR count). The van der Waals surface area contributed by atoms with Gasteiger partial charge >= 0.3 is 0 Å². The second kappa shape index (κ2) is 6.58. The van der Waals surface area contributed by atoms with Gasteiger partial charge in [-0.1, -0.05) is 33.6 Å². The predicted octanol–water partition coefficient (Wildman–Crippen LogP) is 3.63. The van der Waals surface area contributed by atoms with Crippen LogP contribution in [0.4, 0.5) is 0 Å². The Bertz CT molecular complexity index is 278. The van der Waals surface area contributed by atoms with E-state index < -0.39 is 0 Å². The standard InChI is InChI=1S/C14H24O2S/c1-14(2,3)7-5-4-6-8-17-13-10-11(15)9-12(13)16/h13H,4-10H2,1-3H3. The van der Waals surface area contributed by atoms with Crippen molar-refractivity contribution in [1.82, 2.24) is 0 Å². The minimum absolute atomic E-state index is 0.0230. The van der Waals surface area contributed by atoms with Crippen molar-refractivity contribution in [1.29, 1.82) is 0 Å². The third-order valence-electron chi connectivity index (χ3n) is 3.03. The quantitative estimate of drug-likeness (QED) is 0.537. The van der Waals surface area contributed by atoms with Crippen LogP contribution in [0.5, 0.6) is 0 Å². The Morgan fingerprint density at radius 2 is 1.88 bits per heavy atom. The fourth-order valence-electron chi connectivity index (χ4n) is 2.01. The predicted molar refractivity (Wildman–Crippen MR) is 73.4 cm³/mol. The zero-order chi connectivity index (χ0) is 12.9. The van der Waals surface area contributed by atoms with E-state index >= 15 is 0 Å². The first-order valence-electron chi connectivity index (χ1n) is 6.54. The minimum atomic E-state index is -0.0230. The maximum Gasteiger partial charge on any atom is 0.153 e. The van der Waals surface area contributed by atoms with E-state index in [1.165, 1.54) is 25.7 Å². The summed E-state index contributed by atoms with van der Waals surface area (Å²) in [6.07, 6.45) is 5.59. The van der Waals surface area contributed by atoms with Gasteiger partial charge in [-0.2, -0.15) is 11.8 Å². The van der Waals surface area contributed by atoms with E-state index in [4.69, 9.17) is 0 Å². The van der Waals surface area contributed by atoms with Crippen molar-refractivity contribution in [2.75, 3.05) is 5.75 Å². The molecule has 0 N–H and O–H groups in total. The van der Waals surface area contributed by atoms with Gasteiger partial charge in [0.05, 0.1) is 11.7 Å². The fraction of sp³-hybridized carbons (Fsp3) is 0.857. The van der Waals surface area contributed by atoms with E-state index in [9.17, 15) is 9.59 Å². The second-order valence-corrected chi connectivity index (χ2v) is 7.43. The number of unbranched alkanes of at least 4 members (excludes halogenated alkanes) is 2. The number of thioether (sulfide) groups is 1. The molecule has 1 fully saturated rings. The Hall–Kier alpha value is -0.310. The van der Waals surface area contributed by atoms with Crippen LogP contribution in [-0.2, 0) is 9.59 Å². The lowest BCUT2D eigenvalue weighted by molar-refractivity contribution is -0.121. The van der Waals surface area contributed by atoms with Crippen LogP contribution in [0.25, 0.3) is 0 Å². The van der Waals surface area contributed by atoms with Crippen molar-refractivity contribution in [3.05, 3.63) is 0 Å². The number of rotatable bonds is 6. The van der Waals surface area contributed by atoms with Crippen LogP contribution in [-0.4, -0.2) is 22.6 Å². The molecule has 98 valence electrons. The molecule has 0 bridgehead atoms. The lowest BCUT2D eigenvalue weighted by Gasteiger charge is -2.17. The summed E-state index contributed by atoms with van der Waals surface area (Å²) in [6, 6.07) is 0. The number of hydrogen-bond acceptors (Lipinski definition) is 3. The molecule has 1 atom stereocenters. The number of Topliss-reactive ketones (excluding diaryl/α,β-unsaturated/α-hetero) is 2. The molecule has 0 aromatic heterocycles. The molecule has 17 heavy (non-hydrogen) atoms. The lowest BCUT2D eigenvalue weighted by Crippen LogP contribution is -2.09. The Kier molecular flexibility index (Phi) is 5.71. The summed E-state index contributed by atoms with van der Waals surface area (Å²) in [5.41, 5.74) is 0.432. The van der Waals surface area contributed by atoms with Crippen LogP contribution in [0.15, 0.2) is 0 Å². The molecular formula is C14H24O2S. The van der Waals surface area contributed by atoms with Gasteiger partial charge in [-0.25, -0.2) is 0 Å². The summed E-state index contributed by atoms with van der Waals surface area (Å²) in [6.45, 7) is 6.81. The molecule has 0 aromatic carbocycles. The molecule has 0 amide bonds. The van der Waals surface area contributed by atoms with Gasteiger partial charge in [0.2, 0.25) is 0 Å². The third kappa shape index (κ3) is 6.25. The summed E-state index contributed by atoms with van der Waals surface area (Å²) < 4.78 is 0. The van der Waals surface area contributed by atoms with Crippen LogP contribution in [0.1, 0.15) is 59.3 Å². The van der Waals surface area contributed by atoms with Crippen molar-refractivity contribution < 1.29 is 9.59 Å². The summed E-state index contributed by atoms with van der Waals surface area (Å²) >= 11 is 1.68. The number of ketones is 2. The van der Waals surface area contributed by atoms with Gasteiger partial charge in [-0.3, -0.25) is 9.59 Å². The number of carbonyl (C=O) groups is 2. The van der Waals surface area contributed by atoms with Crippen LogP contribution in [0, 0.1) is 5.41 Å². The highest BCUT2D eigenvalue weighted by atomic mass is 32.2. The molecule has 0 radical (unpaired) electrons. The molecule has 1 saturated carbocycles. The summed E-state index contributed by atoms with van der Waals surface area (Å²) in [7, 11) is 0. The average molecular weight is 256 g/mol. The zero-order valence-electron chi connectivity index (χ0n) is 11.3. The molecule has 0 aromatic rings. The smallest absolute Gasteiger partial charge is 0.153 e. The summed E-state index contributed by atoms with van der Waals surface area (Å²) in [4.78, 5) is 22.5. The van der Waals surface area contributed by atoms with Gasteiger partial charge in [0.15, 0.2) is 5.78 Å². The van der Waals surface area contributed by atoms with Crippen LogP contribution >= 0.6 is 11.8 Å². The van der Waals surface area contributed by atoms with Gasteiger partial charge in [-0.15, -0.1) is 0 Å². The van der Waals surface area contributed by atoms with E-state index in [2.05, 4.69) is 20.8 Å². The van der Waals surface area contributed by atoms with E-state index in [1.54, 1.807) is 11.8 Å². The van der Waals surface area contributed by atoms with E-state index in [0.717, 1.165) is 5.75 Å². The van der Waals surface area contributed by atoms with Gasteiger partial charge in [0.1, 0.15) is 5.78 Å². The van der Waals surface area contributed by atoms with Crippen molar-refractivity contribution in [2.45, 2.75) is 64.5 Å². The molecule has 0 aliphatic heterocycles. The zero-order valence-corrected chi connectivity index (χ0v) is 12.1. The Labute approximate surface area is 109 Å². The Balaban J connectivity index is 2.01. The van der Waals surface area contributed by atoms with E-state index in [-0.39, 0.29) is 23.2 Å². The van der Waals surface area contributed by atoms with Crippen LogP contribution in [0.3, 0.4) is 0 Å². The molecule has 1 unspecified atom stereocenters. The first-order valence-corrected chi connectivity index (χ1v) is 7.59. The fourth-order valence-corrected chi connectivity index (χ4v) is 3.24. The molecule has 0 spiro atoms. The molecule has 1 aliphatic rings. The Morgan fingerprint density at radius 3 is 2.41 bits per heavy atom. The SMILES string of the molecule is CC(C)(C)CCCCCSC1CC(=O)CC1=O. The highest BCUT2D eigenvalue weighted by Gasteiger charge is 2.30. The van der Waals surface area contributed by atoms with Crippen LogP contribution < -0.4 is 0 Å². The molecule has 0 heterocycles. The van der Waals surface area contributed by atoms with Crippen molar-refractivity contribution >= 4 is 23.3 Å². The highest BCUT2D eigenvalue weighted by Crippen LogP contribution is 2.26. The Morgan fingerprint density at radius 1 is 1.18 bits per heavy atom. The molecular weight excluding hydrogens is 232 g/mol. The van der Waals surface area contributed by atoms with Gasteiger partial charge in [0, 0.05) is 6.42 Å². The second-order valence-electron chi connectivity index (χ2n) is 6.12. The first-order chi connectivity index (χ1) is 7.88. The molecule has 2 nitrogen and oxygen atoms in total. The van der Waals surface area contributed by atoms with E-state index in [1.807, 2.05) is 0 Å².